The number of allylic oxidation sites excluding steroid dienone is 3. The molecule has 0 aromatic carbocycles. The molecule has 4 aliphatic rings. The van der Waals surface area contributed by atoms with E-state index in [0.717, 1.165) is 23.7 Å². The van der Waals surface area contributed by atoms with Gasteiger partial charge in [0.25, 0.3) is 0 Å². The minimum atomic E-state index is 0.488. The maximum Gasteiger partial charge on any atom is 0.00755 e. The minimum Gasteiger partial charge on any atom is -0.327 e. The van der Waals surface area contributed by atoms with Gasteiger partial charge in [-0.2, -0.15) is 0 Å². The number of hydrogen-bond acceptors (Lipinski definition) is 1. The molecule has 0 aromatic rings. The second kappa shape index (κ2) is 3.97. The Hall–Kier alpha value is -0.560. The van der Waals surface area contributed by atoms with Crippen molar-refractivity contribution in [3.8, 4) is 0 Å². The van der Waals surface area contributed by atoms with E-state index in [1.54, 1.807) is 5.57 Å². The zero-order valence-corrected chi connectivity index (χ0v) is 12.1. The SMILES string of the molecule is C=CC1C/C1=C\[C@@H]1CC12CC(N)C1CCCC1C2C. The largest absolute Gasteiger partial charge is 0.327 e. The summed E-state index contributed by atoms with van der Waals surface area (Å²) in [4.78, 5) is 0. The summed E-state index contributed by atoms with van der Waals surface area (Å²) in [5, 5.41) is 0. The fourth-order valence-corrected chi connectivity index (χ4v) is 5.59. The van der Waals surface area contributed by atoms with Gasteiger partial charge in [0, 0.05) is 12.0 Å². The van der Waals surface area contributed by atoms with Crippen LogP contribution in [0.2, 0.25) is 0 Å². The van der Waals surface area contributed by atoms with Crippen molar-refractivity contribution >= 4 is 0 Å². The van der Waals surface area contributed by atoms with Gasteiger partial charge < -0.3 is 5.73 Å². The van der Waals surface area contributed by atoms with Gasteiger partial charge in [0.15, 0.2) is 0 Å². The highest BCUT2D eigenvalue weighted by Crippen LogP contribution is 2.69. The Morgan fingerprint density at radius 2 is 2.05 bits per heavy atom. The molecule has 4 aliphatic carbocycles. The third-order valence-corrected chi connectivity index (χ3v) is 6.99. The predicted octanol–water partition coefficient (Wildman–Crippen LogP) is 3.91. The Morgan fingerprint density at radius 3 is 2.79 bits per heavy atom. The van der Waals surface area contributed by atoms with Crippen LogP contribution in [0.15, 0.2) is 24.3 Å². The first-order valence-electron chi connectivity index (χ1n) is 8.24. The summed E-state index contributed by atoms with van der Waals surface area (Å²) < 4.78 is 0. The number of rotatable bonds is 2. The molecule has 0 radical (unpaired) electrons. The van der Waals surface area contributed by atoms with Crippen LogP contribution in [-0.4, -0.2) is 6.04 Å². The van der Waals surface area contributed by atoms with E-state index < -0.39 is 0 Å². The highest BCUT2D eigenvalue weighted by Gasteiger charge is 2.63. The summed E-state index contributed by atoms with van der Waals surface area (Å²) in [5.74, 6) is 4.24. The standard InChI is InChI=1S/C18H27N/c1-3-12-7-13(12)8-14-9-18(14)10-17(19)16-6-4-5-15(16)11(18)2/h3,8,11-12,14-17H,1,4-7,9-10,19H2,2H3/b13-8+/t11?,12?,14-,15?,16?,17?,18?/m1/s1. The molecule has 4 rings (SSSR count). The van der Waals surface area contributed by atoms with Gasteiger partial charge in [-0.15, -0.1) is 6.58 Å². The van der Waals surface area contributed by atoms with E-state index >= 15 is 0 Å². The number of hydrogen-bond donors (Lipinski definition) is 1. The Labute approximate surface area is 117 Å². The molecule has 0 saturated heterocycles. The lowest BCUT2D eigenvalue weighted by Crippen LogP contribution is -2.45. The molecule has 1 heteroatoms. The fraction of sp³-hybridized carbons (Fsp3) is 0.778. The number of nitrogens with two attached hydrogens (primary N) is 1. The highest BCUT2D eigenvalue weighted by molar-refractivity contribution is 5.33. The van der Waals surface area contributed by atoms with E-state index in [4.69, 9.17) is 5.73 Å². The summed E-state index contributed by atoms with van der Waals surface area (Å²) in [6.07, 6.45) is 13.0. The first-order chi connectivity index (χ1) is 9.15. The molecule has 0 bridgehead atoms. The van der Waals surface area contributed by atoms with Crippen LogP contribution in [0.5, 0.6) is 0 Å². The third-order valence-electron chi connectivity index (χ3n) is 6.99. The summed E-state index contributed by atoms with van der Waals surface area (Å²) >= 11 is 0. The van der Waals surface area contributed by atoms with Crippen molar-refractivity contribution in [3.05, 3.63) is 24.3 Å². The molecular weight excluding hydrogens is 230 g/mol. The maximum absolute atomic E-state index is 6.52. The summed E-state index contributed by atoms with van der Waals surface area (Å²) in [6, 6.07) is 0.488. The predicted molar refractivity (Wildman–Crippen MR) is 79.5 cm³/mol. The van der Waals surface area contributed by atoms with Crippen LogP contribution in [0.25, 0.3) is 0 Å². The molecule has 0 aliphatic heterocycles. The van der Waals surface area contributed by atoms with Gasteiger partial charge in [-0.05, 0) is 61.2 Å². The van der Waals surface area contributed by atoms with Crippen molar-refractivity contribution in [3.63, 3.8) is 0 Å². The van der Waals surface area contributed by atoms with E-state index in [1.807, 2.05) is 0 Å². The van der Waals surface area contributed by atoms with Crippen LogP contribution < -0.4 is 5.73 Å². The van der Waals surface area contributed by atoms with Crippen molar-refractivity contribution < 1.29 is 0 Å². The van der Waals surface area contributed by atoms with E-state index in [1.165, 1.54) is 38.5 Å². The average Bonchev–Trinajstić information content (AvgIpc) is 3.23. The molecule has 2 N–H and O–H groups in total. The van der Waals surface area contributed by atoms with Gasteiger partial charge in [0.05, 0.1) is 0 Å². The van der Waals surface area contributed by atoms with Crippen LogP contribution in [0.1, 0.15) is 45.4 Å². The van der Waals surface area contributed by atoms with Gasteiger partial charge in [-0.1, -0.05) is 31.1 Å². The molecule has 0 amide bonds. The molecule has 0 heterocycles. The molecule has 0 aromatic heterocycles. The molecule has 6 unspecified atom stereocenters. The van der Waals surface area contributed by atoms with Crippen LogP contribution in [0.4, 0.5) is 0 Å². The maximum atomic E-state index is 6.52. The smallest absolute Gasteiger partial charge is 0.00755 e. The molecule has 4 fully saturated rings. The van der Waals surface area contributed by atoms with Gasteiger partial charge in [-0.3, -0.25) is 0 Å². The lowest BCUT2D eigenvalue weighted by molar-refractivity contribution is 0.0809. The Morgan fingerprint density at radius 1 is 1.26 bits per heavy atom. The molecule has 7 atom stereocenters. The second-order valence-corrected chi connectivity index (χ2v) is 7.75. The van der Waals surface area contributed by atoms with Gasteiger partial charge in [0.1, 0.15) is 0 Å². The van der Waals surface area contributed by atoms with Crippen molar-refractivity contribution in [1.29, 1.82) is 0 Å². The molecule has 4 saturated carbocycles. The van der Waals surface area contributed by atoms with E-state index in [0.29, 0.717) is 17.4 Å². The van der Waals surface area contributed by atoms with Crippen LogP contribution in [-0.2, 0) is 0 Å². The second-order valence-electron chi connectivity index (χ2n) is 7.75. The lowest BCUT2D eigenvalue weighted by Gasteiger charge is -2.43. The van der Waals surface area contributed by atoms with Crippen molar-refractivity contribution in [1.82, 2.24) is 0 Å². The van der Waals surface area contributed by atoms with Crippen molar-refractivity contribution in [2.45, 2.75) is 51.5 Å². The van der Waals surface area contributed by atoms with E-state index in [9.17, 15) is 0 Å². The van der Waals surface area contributed by atoms with E-state index in [2.05, 4.69) is 25.7 Å². The third kappa shape index (κ3) is 1.70. The minimum absolute atomic E-state index is 0.488. The normalized spacial score (nSPS) is 57.3. The van der Waals surface area contributed by atoms with Crippen LogP contribution in [0, 0.1) is 35.0 Å². The summed E-state index contributed by atoms with van der Waals surface area (Å²) in [5.41, 5.74) is 8.77. The average molecular weight is 257 g/mol. The zero-order valence-electron chi connectivity index (χ0n) is 12.1. The Kier molecular flexibility index (Phi) is 2.55. The quantitative estimate of drug-likeness (QED) is 0.746. The molecular formula is C18H27N. The molecule has 104 valence electrons. The Balaban J connectivity index is 1.53. The van der Waals surface area contributed by atoms with Crippen LogP contribution >= 0.6 is 0 Å². The first kappa shape index (κ1) is 12.2. The topological polar surface area (TPSA) is 26.0 Å². The Bertz CT molecular complexity index is 437. The van der Waals surface area contributed by atoms with Crippen molar-refractivity contribution in [2.24, 2.45) is 40.7 Å². The fourth-order valence-electron chi connectivity index (χ4n) is 5.59. The highest BCUT2D eigenvalue weighted by atomic mass is 14.8. The van der Waals surface area contributed by atoms with Gasteiger partial charge in [0.2, 0.25) is 0 Å². The van der Waals surface area contributed by atoms with Crippen LogP contribution in [0.3, 0.4) is 0 Å². The summed E-state index contributed by atoms with van der Waals surface area (Å²) in [7, 11) is 0. The first-order valence-corrected chi connectivity index (χ1v) is 8.24. The summed E-state index contributed by atoms with van der Waals surface area (Å²) in [6.45, 7) is 6.45. The number of fused-ring (bicyclic) bond motifs is 1. The lowest BCUT2D eigenvalue weighted by atomic mass is 9.63. The molecule has 19 heavy (non-hydrogen) atoms. The molecule has 1 nitrogen and oxygen atoms in total. The zero-order chi connectivity index (χ0) is 13.2. The molecule has 1 spiro atoms. The van der Waals surface area contributed by atoms with Gasteiger partial charge in [-0.25, -0.2) is 0 Å². The monoisotopic (exact) mass is 257 g/mol. The van der Waals surface area contributed by atoms with E-state index in [-0.39, 0.29) is 0 Å². The van der Waals surface area contributed by atoms with Crippen molar-refractivity contribution in [2.75, 3.05) is 0 Å². The van der Waals surface area contributed by atoms with Gasteiger partial charge >= 0.3 is 0 Å².